The van der Waals surface area contributed by atoms with Crippen LogP contribution in [0.5, 0.6) is 0 Å². The number of thioether (sulfide) groups is 1. The predicted octanol–water partition coefficient (Wildman–Crippen LogP) is 1.45. The standard InChI is InChI=1S/C8H9NO3S2/c10-14(11,12)6-1-2-8-7(5-6)9-3-4-13-8/h1-2,5,9H,3-4H2,(H,10,11,12). The summed E-state index contributed by atoms with van der Waals surface area (Å²) in [5.41, 5.74) is 0.774. The van der Waals surface area contributed by atoms with Crippen LogP contribution in [-0.4, -0.2) is 25.3 Å². The minimum atomic E-state index is -4.09. The number of hydrogen-bond donors (Lipinski definition) is 2. The molecule has 4 nitrogen and oxygen atoms in total. The van der Waals surface area contributed by atoms with Crippen molar-refractivity contribution in [2.75, 3.05) is 17.6 Å². The molecule has 0 saturated carbocycles. The number of anilines is 1. The van der Waals surface area contributed by atoms with Gasteiger partial charge in [-0.15, -0.1) is 11.8 Å². The number of hydrogen-bond acceptors (Lipinski definition) is 4. The summed E-state index contributed by atoms with van der Waals surface area (Å²) < 4.78 is 30.5. The van der Waals surface area contributed by atoms with Crippen LogP contribution in [0.25, 0.3) is 0 Å². The molecule has 0 amide bonds. The molecule has 1 aliphatic rings. The van der Waals surface area contributed by atoms with Crippen molar-refractivity contribution >= 4 is 27.6 Å². The predicted molar refractivity (Wildman–Crippen MR) is 55.5 cm³/mol. The summed E-state index contributed by atoms with van der Waals surface area (Å²) in [6, 6.07) is 4.57. The van der Waals surface area contributed by atoms with E-state index in [1.807, 2.05) is 0 Å². The molecule has 0 aromatic heterocycles. The summed E-state index contributed by atoms with van der Waals surface area (Å²) in [4.78, 5) is 0.954. The molecule has 6 heteroatoms. The average Bonchev–Trinajstić information content (AvgIpc) is 2.16. The van der Waals surface area contributed by atoms with Crippen LogP contribution in [0.4, 0.5) is 5.69 Å². The van der Waals surface area contributed by atoms with E-state index in [0.717, 1.165) is 22.9 Å². The highest BCUT2D eigenvalue weighted by molar-refractivity contribution is 7.99. The van der Waals surface area contributed by atoms with Crippen LogP contribution < -0.4 is 5.32 Å². The lowest BCUT2D eigenvalue weighted by atomic mass is 10.3. The fourth-order valence-electron chi connectivity index (χ4n) is 1.28. The van der Waals surface area contributed by atoms with E-state index in [0.29, 0.717) is 0 Å². The molecule has 0 saturated heterocycles. The zero-order chi connectivity index (χ0) is 10.2. The van der Waals surface area contributed by atoms with Gasteiger partial charge >= 0.3 is 0 Å². The van der Waals surface area contributed by atoms with Gasteiger partial charge in [0.2, 0.25) is 0 Å². The second kappa shape index (κ2) is 3.45. The molecule has 2 rings (SSSR count). The highest BCUT2D eigenvalue weighted by Crippen LogP contribution is 2.32. The van der Waals surface area contributed by atoms with Crippen molar-refractivity contribution in [1.82, 2.24) is 0 Å². The van der Waals surface area contributed by atoms with Crippen molar-refractivity contribution < 1.29 is 13.0 Å². The molecule has 0 radical (unpaired) electrons. The lowest BCUT2D eigenvalue weighted by Crippen LogP contribution is -2.11. The zero-order valence-electron chi connectivity index (χ0n) is 7.23. The number of benzene rings is 1. The van der Waals surface area contributed by atoms with Gasteiger partial charge in [-0.1, -0.05) is 0 Å². The quantitative estimate of drug-likeness (QED) is 0.716. The SMILES string of the molecule is O=S(=O)(O)c1ccc2c(c1)NCCS2. The third-order valence-corrected chi connectivity index (χ3v) is 3.85. The van der Waals surface area contributed by atoms with Crippen LogP contribution in [0.3, 0.4) is 0 Å². The number of rotatable bonds is 1. The maximum atomic E-state index is 10.8. The van der Waals surface area contributed by atoms with E-state index in [-0.39, 0.29) is 4.90 Å². The van der Waals surface area contributed by atoms with Crippen LogP contribution in [0.1, 0.15) is 0 Å². The van der Waals surface area contributed by atoms with Gasteiger partial charge in [0.05, 0.1) is 4.90 Å². The van der Waals surface area contributed by atoms with Gasteiger partial charge in [-0.3, -0.25) is 4.55 Å². The molecule has 14 heavy (non-hydrogen) atoms. The van der Waals surface area contributed by atoms with Crippen molar-refractivity contribution in [1.29, 1.82) is 0 Å². The van der Waals surface area contributed by atoms with Crippen molar-refractivity contribution in [3.05, 3.63) is 18.2 Å². The molecule has 0 atom stereocenters. The Kier molecular flexibility index (Phi) is 2.42. The molecule has 76 valence electrons. The Morgan fingerprint density at radius 2 is 2.21 bits per heavy atom. The highest BCUT2D eigenvalue weighted by atomic mass is 32.2. The molecule has 1 aromatic rings. The Balaban J connectivity index is 2.49. The summed E-state index contributed by atoms with van der Waals surface area (Å²) in [6.45, 7) is 0.812. The Morgan fingerprint density at radius 1 is 1.43 bits per heavy atom. The van der Waals surface area contributed by atoms with E-state index in [9.17, 15) is 8.42 Å². The molecule has 1 aromatic carbocycles. The summed E-state index contributed by atoms with van der Waals surface area (Å²) in [5, 5.41) is 3.08. The summed E-state index contributed by atoms with van der Waals surface area (Å²) in [6.07, 6.45) is 0. The van der Waals surface area contributed by atoms with Crippen LogP contribution in [-0.2, 0) is 10.1 Å². The normalized spacial score (nSPS) is 15.8. The molecule has 2 N–H and O–H groups in total. The van der Waals surface area contributed by atoms with Crippen molar-refractivity contribution in [3.8, 4) is 0 Å². The van der Waals surface area contributed by atoms with Gasteiger partial charge in [0.15, 0.2) is 0 Å². The maximum Gasteiger partial charge on any atom is 0.294 e. The molecule has 0 aliphatic carbocycles. The Bertz CT molecular complexity index is 456. The number of nitrogens with one attached hydrogen (secondary N) is 1. The molecular weight excluding hydrogens is 222 g/mol. The first-order valence-electron chi connectivity index (χ1n) is 4.05. The lowest BCUT2D eigenvalue weighted by molar-refractivity contribution is 0.483. The van der Waals surface area contributed by atoms with E-state index in [4.69, 9.17) is 4.55 Å². The van der Waals surface area contributed by atoms with Crippen molar-refractivity contribution in [2.45, 2.75) is 9.79 Å². The molecule has 0 fully saturated rings. The summed E-state index contributed by atoms with van der Waals surface area (Å²) in [7, 11) is -4.09. The largest absolute Gasteiger partial charge is 0.383 e. The van der Waals surface area contributed by atoms with Gasteiger partial charge in [-0.05, 0) is 18.2 Å². The number of fused-ring (bicyclic) bond motifs is 1. The van der Waals surface area contributed by atoms with E-state index < -0.39 is 10.1 Å². The summed E-state index contributed by atoms with van der Waals surface area (Å²) in [5.74, 6) is 0.970. The minimum absolute atomic E-state index is 0.0637. The fraction of sp³-hybridized carbons (Fsp3) is 0.250. The third-order valence-electron chi connectivity index (χ3n) is 1.92. The van der Waals surface area contributed by atoms with E-state index in [1.165, 1.54) is 12.1 Å². The Labute approximate surface area is 86.5 Å². The van der Waals surface area contributed by atoms with Gasteiger partial charge in [0, 0.05) is 22.9 Å². The molecular formula is C8H9NO3S2. The average molecular weight is 231 g/mol. The second-order valence-electron chi connectivity index (χ2n) is 2.91. The molecule has 0 bridgehead atoms. The molecule has 0 spiro atoms. The zero-order valence-corrected chi connectivity index (χ0v) is 8.86. The smallest absolute Gasteiger partial charge is 0.294 e. The first-order chi connectivity index (χ1) is 6.57. The van der Waals surface area contributed by atoms with Crippen molar-refractivity contribution in [2.24, 2.45) is 0 Å². The van der Waals surface area contributed by atoms with Crippen LogP contribution >= 0.6 is 11.8 Å². The second-order valence-corrected chi connectivity index (χ2v) is 5.47. The van der Waals surface area contributed by atoms with Crippen LogP contribution in [0, 0.1) is 0 Å². The minimum Gasteiger partial charge on any atom is -0.383 e. The monoisotopic (exact) mass is 231 g/mol. The summed E-state index contributed by atoms with van der Waals surface area (Å²) >= 11 is 1.67. The highest BCUT2D eigenvalue weighted by Gasteiger charge is 2.14. The third kappa shape index (κ3) is 1.87. The van der Waals surface area contributed by atoms with Crippen LogP contribution in [0.15, 0.2) is 28.0 Å². The van der Waals surface area contributed by atoms with Gasteiger partial charge in [-0.2, -0.15) is 8.42 Å². The van der Waals surface area contributed by atoms with E-state index in [2.05, 4.69) is 5.32 Å². The topological polar surface area (TPSA) is 66.4 Å². The maximum absolute atomic E-state index is 10.8. The van der Waals surface area contributed by atoms with Gasteiger partial charge in [0.1, 0.15) is 0 Å². The van der Waals surface area contributed by atoms with Crippen molar-refractivity contribution in [3.63, 3.8) is 0 Å². The first-order valence-corrected chi connectivity index (χ1v) is 6.48. The first kappa shape index (κ1) is 9.82. The van der Waals surface area contributed by atoms with E-state index >= 15 is 0 Å². The lowest BCUT2D eigenvalue weighted by Gasteiger charge is -2.17. The molecule has 1 heterocycles. The van der Waals surface area contributed by atoms with E-state index in [1.54, 1.807) is 17.8 Å². The van der Waals surface area contributed by atoms with Gasteiger partial charge in [-0.25, -0.2) is 0 Å². The molecule has 1 aliphatic heterocycles. The molecule has 0 unspecified atom stereocenters. The van der Waals surface area contributed by atoms with Gasteiger partial charge in [0.25, 0.3) is 10.1 Å². The Morgan fingerprint density at radius 3 is 2.93 bits per heavy atom. The van der Waals surface area contributed by atoms with Crippen LogP contribution in [0.2, 0.25) is 0 Å². The Hall–Kier alpha value is -0.720. The fourth-order valence-corrected chi connectivity index (χ4v) is 2.66. The van der Waals surface area contributed by atoms with Gasteiger partial charge < -0.3 is 5.32 Å².